The highest BCUT2D eigenvalue weighted by Crippen LogP contribution is 2.24. The first-order chi connectivity index (χ1) is 9.07. The second-order valence-electron chi connectivity index (χ2n) is 6.30. The van der Waals surface area contributed by atoms with Crippen LogP contribution in [-0.4, -0.2) is 39.7 Å². The molecular formula is C15H27ClN2O2S. The summed E-state index contributed by atoms with van der Waals surface area (Å²) in [4.78, 5) is 2.60. The zero-order valence-corrected chi connectivity index (χ0v) is 15.1. The van der Waals surface area contributed by atoms with Crippen molar-refractivity contribution in [2.45, 2.75) is 31.7 Å². The van der Waals surface area contributed by atoms with Crippen molar-refractivity contribution in [1.82, 2.24) is 4.90 Å². The highest BCUT2D eigenvalue weighted by Gasteiger charge is 2.21. The highest BCUT2D eigenvalue weighted by molar-refractivity contribution is 7.90. The van der Waals surface area contributed by atoms with Gasteiger partial charge in [-0.1, -0.05) is 26.0 Å². The molecule has 0 aliphatic rings. The van der Waals surface area contributed by atoms with Crippen LogP contribution in [0.15, 0.2) is 29.2 Å². The van der Waals surface area contributed by atoms with E-state index in [-0.39, 0.29) is 23.9 Å². The van der Waals surface area contributed by atoms with E-state index in [1.165, 1.54) is 6.26 Å². The summed E-state index contributed by atoms with van der Waals surface area (Å²) in [6.45, 7) is 7.92. The number of hydrogen-bond donors (Lipinski definition) is 1. The number of nitrogens with zero attached hydrogens (tertiary/aromatic N) is 1. The van der Waals surface area contributed by atoms with Crippen LogP contribution >= 0.6 is 12.4 Å². The lowest BCUT2D eigenvalue weighted by molar-refractivity contribution is 0.174. The fraction of sp³-hybridized carbons (Fsp3) is 0.600. The molecule has 1 aromatic rings. The summed E-state index contributed by atoms with van der Waals surface area (Å²) in [7, 11) is -1.07. The van der Waals surface area contributed by atoms with Gasteiger partial charge in [0.1, 0.15) is 0 Å². The molecule has 1 atom stereocenters. The maximum Gasteiger partial charge on any atom is 0.175 e. The van der Waals surface area contributed by atoms with Crippen molar-refractivity contribution in [3.05, 3.63) is 29.8 Å². The summed E-state index contributed by atoms with van der Waals surface area (Å²) in [6.07, 6.45) is 1.22. The van der Waals surface area contributed by atoms with Gasteiger partial charge in [0.2, 0.25) is 0 Å². The number of rotatable bonds is 6. The Kier molecular flexibility index (Phi) is 7.36. The molecule has 0 aromatic heterocycles. The van der Waals surface area contributed by atoms with E-state index in [1.54, 1.807) is 12.1 Å². The maximum atomic E-state index is 11.5. The van der Waals surface area contributed by atoms with Crippen molar-refractivity contribution < 1.29 is 8.42 Å². The van der Waals surface area contributed by atoms with Crippen molar-refractivity contribution in [2.24, 2.45) is 11.1 Å². The SMILES string of the molecule is CC(c1ccc(S(C)(=O)=O)cc1)N(C)CC(C)(C)CN.Cl. The average Bonchev–Trinajstić information content (AvgIpc) is 2.36. The Balaban J connectivity index is 0.00000400. The number of benzene rings is 1. The largest absolute Gasteiger partial charge is 0.330 e. The summed E-state index contributed by atoms with van der Waals surface area (Å²) in [5, 5.41) is 0. The molecule has 21 heavy (non-hydrogen) atoms. The summed E-state index contributed by atoms with van der Waals surface area (Å²) in [5.74, 6) is 0. The standard InChI is InChI=1S/C15H26N2O2S.ClH/c1-12(17(4)11-15(2,3)10-16)13-6-8-14(9-7-13)20(5,18)19;/h6-9,12H,10-11,16H2,1-5H3;1H. The zero-order chi connectivity index (χ0) is 15.6. The minimum absolute atomic E-state index is 0. The molecule has 0 saturated heterocycles. The van der Waals surface area contributed by atoms with Crippen LogP contribution in [0.1, 0.15) is 32.4 Å². The Morgan fingerprint density at radius 2 is 1.71 bits per heavy atom. The smallest absolute Gasteiger partial charge is 0.175 e. The number of nitrogens with two attached hydrogens (primary N) is 1. The Morgan fingerprint density at radius 1 is 1.24 bits per heavy atom. The third-order valence-corrected chi connectivity index (χ3v) is 4.81. The molecular weight excluding hydrogens is 308 g/mol. The van der Waals surface area contributed by atoms with Gasteiger partial charge >= 0.3 is 0 Å². The molecule has 122 valence electrons. The third kappa shape index (κ3) is 5.94. The van der Waals surface area contributed by atoms with E-state index >= 15 is 0 Å². The molecule has 6 heteroatoms. The quantitative estimate of drug-likeness (QED) is 0.868. The molecule has 0 saturated carbocycles. The van der Waals surface area contributed by atoms with Gasteiger partial charge in [-0.05, 0) is 43.6 Å². The Hall–Kier alpha value is -0.620. The first-order valence-corrected chi connectivity index (χ1v) is 8.66. The fourth-order valence-corrected chi connectivity index (χ4v) is 2.76. The first kappa shape index (κ1) is 20.4. The van der Waals surface area contributed by atoms with Gasteiger partial charge in [0, 0.05) is 18.8 Å². The van der Waals surface area contributed by atoms with E-state index in [9.17, 15) is 8.42 Å². The Morgan fingerprint density at radius 3 is 2.10 bits per heavy atom. The minimum atomic E-state index is -3.13. The van der Waals surface area contributed by atoms with E-state index < -0.39 is 9.84 Å². The van der Waals surface area contributed by atoms with Crippen LogP contribution in [-0.2, 0) is 9.84 Å². The predicted molar refractivity (Wildman–Crippen MR) is 90.7 cm³/mol. The summed E-state index contributed by atoms with van der Waals surface area (Å²) in [6, 6.07) is 7.32. The van der Waals surface area contributed by atoms with Crippen LogP contribution in [0.25, 0.3) is 0 Å². The van der Waals surface area contributed by atoms with Crippen molar-refractivity contribution in [3.8, 4) is 0 Å². The first-order valence-electron chi connectivity index (χ1n) is 6.77. The lowest BCUT2D eigenvalue weighted by atomic mass is 9.92. The summed E-state index contributed by atoms with van der Waals surface area (Å²) < 4.78 is 22.9. The second kappa shape index (κ2) is 7.58. The van der Waals surface area contributed by atoms with E-state index in [0.717, 1.165) is 12.1 Å². The fourth-order valence-electron chi connectivity index (χ4n) is 2.12. The van der Waals surface area contributed by atoms with Crippen molar-refractivity contribution in [1.29, 1.82) is 0 Å². The summed E-state index contributed by atoms with van der Waals surface area (Å²) in [5.41, 5.74) is 6.94. The highest BCUT2D eigenvalue weighted by atomic mass is 35.5. The zero-order valence-electron chi connectivity index (χ0n) is 13.5. The Labute approximate surface area is 135 Å². The van der Waals surface area contributed by atoms with Crippen molar-refractivity contribution in [2.75, 3.05) is 26.4 Å². The van der Waals surface area contributed by atoms with E-state index in [4.69, 9.17) is 5.73 Å². The molecule has 1 rings (SSSR count). The van der Waals surface area contributed by atoms with Crippen LogP contribution in [0, 0.1) is 5.41 Å². The molecule has 4 nitrogen and oxygen atoms in total. The minimum Gasteiger partial charge on any atom is -0.330 e. The normalized spacial score (nSPS) is 13.9. The van der Waals surface area contributed by atoms with Crippen molar-refractivity contribution >= 4 is 22.2 Å². The summed E-state index contributed by atoms with van der Waals surface area (Å²) >= 11 is 0. The van der Waals surface area contributed by atoms with Gasteiger partial charge in [-0.25, -0.2) is 8.42 Å². The molecule has 0 aliphatic heterocycles. The average molecular weight is 335 g/mol. The van der Waals surface area contributed by atoms with Gasteiger partial charge in [-0.15, -0.1) is 12.4 Å². The molecule has 0 spiro atoms. The third-order valence-electron chi connectivity index (χ3n) is 3.68. The number of sulfone groups is 1. The lowest BCUT2D eigenvalue weighted by Crippen LogP contribution is -2.37. The molecule has 0 heterocycles. The molecule has 1 unspecified atom stereocenters. The second-order valence-corrected chi connectivity index (χ2v) is 8.32. The molecule has 0 bridgehead atoms. The van der Waals surface area contributed by atoms with Gasteiger partial charge in [0.15, 0.2) is 9.84 Å². The van der Waals surface area contributed by atoms with E-state index in [0.29, 0.717) is 11.4 Å². The molecule has 0 aliphatic carbocycles. The van der Waals surface area contributed by atoms with Gasteiger partial charge in [0.05, 0.1) is 4.90 Å². The van der Waals surface area contributed by atoms with Crippen LogP contribution in [0.3, 0.4) is 0 Å². The number of hydrogen-bond acceptors (Lipinski definition) is 4. The van der Waals surface area contributed by atoms with Crippen molar-refractivity contribution in [3.63, 3.8) is 0 Å². The maximum absolute atomic E-state index is 11.5. The topological polar surface area (TPSA) is 63.4 Å². The van der Waals surface area contributed by atoms with E-state index in [1.807, 2.05) is 12.1 Å². The van der Waals surface area contributed by atoms with Crippen LogP contribution in [0.2, 0.25) is 0 Å². The molecule has 2 N–H and O–H groups in total. The van der Waals surface area contributed by atoms with E-state index in [2.05, 4.69) is 32.7 Å². The van der Waals surface area contributed by atoms with Gasteiger partial charge in [-0.2, -0.15) is 0 Å². The van der Waals surface area contributed by atoms with Gasteiger partial charge in [0.25, 0.3) is 0 Å². The predicted octanol–water partition coefficient (Wildman–Crippen LogP) is 2.49. The lowest BCUT2D eigenvalue weighted by Gasteiger charge is -2.33. The van der Waals surface area contributed by atoms with Gasteiger partial charge in [-0.3, -0.25) is 4.90 Å². The molecule has 0 amide bonds. The molecule has 0 fully saturated rings. The van der Waals surface area contributed by atoms with Crippen LogP contribution in [0.4, 0.5) is 0 Å². The molecule has 1 aromatic carbocycles. The number of halogens is 1. The Bertz CT molecular complexity index is 541. The van der Waals surface area contributed by atoms with Crippen LogP contribution < -0.4 is 5.73 Å². The molecule has 0 radical (unpaired) electrons. The van der Waals surface area contributed by atoms with Crippen LogP contribution in [0.5, 0.6) is 0 Å². The monoisotopic (exact) mass is 334 g/mol. The van der Waals surface area contributed by atoms with Gasteiger partial charge < -0.3 is 5.73 Å².